The maximum absolute atomic E-state index is 13.3. The summed E-state index contributed by atoms with van der Waals surface area (Å²) in [6.07, 6.45) is 2.23. The van der Waals surface area contributed by atoms with Gasteiger partial charge < -0.3 is 5.32 Å². The van der Waals surface area contributed by atoms with Crippen molar-refractivity contribution in [3.05, 3.63) is 29.6 Å². The first kappa shape index (κ1) is 13.1. The van der Waals surface area contributed by atoms with E-state index in [0.29, 0.717) is 24.3 Å². The molecule has 0 atom stereocenters. The number of hydrogen-bond donors (Lipinski definition) is 1. The van der Waals surface area contributed by atoms with Crippen molar-refractivity contribution >= 4 is 16.7 Å². The van der Waals surface area contributed by atoms with Crippen LogP contribution in [0.25, 0.3) is 0 Å². The molecule has 0 saturated carbocycles. The predicted molar refractivity (Wildman–Crippen MR) is 62.5 cm³/mol. The van der Waals surface area contributed by atoms with Gasteiger partial charge in [0.25, 0.3) is 5.91 Å². The molecule has 0 unspecified atom stereocenters. The summed E-state index contributed by atoms with van der Waals surface area (Å²) in [5.41, 5.74) is -0.353. The largest absolute Gasteiger partial charge is 0.349 e. The van der Waals surface area contributed by atoms with Crippen molar-refractivity contribution in [3.63, 3.8) is 0 Å². The van der Waals surface area contributed by atoms with Gasteiger partial charge in [-0.05, 0) is 18.9 Å². The first-order chi connectivity index (χ1) is 8.58. The lowest BCUT2D eigenvalue weighted by Crippen LogP contribution is -2.40. The molecule has 4 nitrogen and oxygen atoms in total. The molecule has 1 amide bonds. The van der Waals surface area contributed by atoms with Crippen molar-refractivity contribution in [2.24, 2.45) is 0 Å². The maximum atomic E-state index is 13.3. The third kappa shape index (κ3) is 2.90. The van der Waals surface area contributed by atoms with Crippen molar-refractivity contribution in [3.8, 4) is 0 Å². The Morgan fingerprint density at radius 3 is 2.72 bits per heavy atom. The second kappa shape index (κ2) is 5.51. The average molecular weight is 274 g/mol. The van der Waals surface area contributed by atoms with E-state index in [4.69, 9.17) is 0 Å². The van der Waals surface area contributed by atoms with E-state index in [1.165, 1.54) is 0 Å². The zero-order chi connectivity index (χ0) is 13.1. The van der Waals surface area contributed by atoms with Crippen molar-refractivity contribution in [1.82, 2.24) is 10.3 Å². The predicted octanol–water partition coefficient (Wildman–Crippen LogP) is 1.00. The van der Waals surface area contributed by atoms with E-state index < -0.39 is 28.5 Å². The Hall–Kier alpha value is -1.37. The first-order valence-electron chi connectivity index (χ1n) is 5.54. The van der Waals surface area contributed by atoms with E-state index in [1.54, 1.807) is 0 Å². The summed E-state index contributed by atoms with van der Waals surface area (Å²) in [7, 11) is -0.824. The van der Waals surface area contributed by atoms with E-state index in [2.05, 4.69) is 10.3 Å². The van der Waals surface area contributed by atoms with Crippen LogP contribution < -0.4 is 5.32 Å². The number of carbonyl (C=O) groups is 1. The Morgan fingerprint density at radius 1 is 1.39 bits per heavy atom. The van der Waals surface area contributed by atoms with Crippen molar-refractivity contribution < 1.29 is 17.8 Å². The number of rotatable bonds is 2. The lowest BCUT2D eigenvalue weighted by molar-refractivity contribution is 0.0929. The second-order valence-corrected chi connectivity index (χ2v) is 5.76. The van der Waals surface area contributed by atoms with Crippen LogP contribution in [0.4, 0.5) is 8.78 Å². The molecule has 0 aromatic carbocycles. The Morgan fingerprint density at radius 2 is 2.06 bits per heavy atom. The van der Waals surface area contributed by atoms with Crippen LogP contribution in [0.15, 0.2) is 12.3 Å². The Bertz CT molecular complexity index is 486. The molecule has 1 fully saturated rings. The van der Waals surface area contributed by atoms with E-state index in [9.17, 15) is 17.8 Å². The number of nitrogens with one attached hydrogen (secondary N) is 1. The van der Waals surface area contributed by atoms with E-state index in [0.717, 1.165) is 12.3 Å². The highest BCUT2D eigenvalue weighted by molar-refractivity contribution is 7.85. The van der Waals surface area contributed by atoms with Gasteiger partial charge in [-0.2, -0.15) is 4.39 Å². The smallest absolute Gasteiger partial charge is 0.254 e. The molecule has 0 spiro atoms. The van der Waals surface area contributed by atoms with Gasteiger partial charge in [0, 0.05) is 34.5 Å². The lowest BCUT2D eigenvalue weighted by atomic mass is 10.1. The molecular weight excluding hydrogens is 262 g/mol. The fourth-order valence-electron chi connectivity index (χ4n) is 1.79. The molecular formula is C11H12F2N2O2S. The van der Waals surface area contributed by atoms with Gasteiger partial charge in [0.05, 0.1) is 5.56 Å². The fraction of sp³-hybridized carbons (Fsp3) is 0.455. The highest BCUT2D eigenvalue weighted by Crippen LogP contribution is 2.12. The third-order valence-electron chi connectivity index (χ3n) is 2.81. The van der Waals surface area contributed by atoms with Crippen LogP contribution in [-0.2, 0) is 10.8 Å². The molecule has 1 aliphatic heterocycles. The van der Waals surface area contributed by atoms with Crippen LogP contribution >= 0.6 is 0 Å². The summed E-state index contributed by atoms with van der Waals surface area (Å²) in [5, 5.41) is 2.62. The molecule has 1 aromatic rings. The minimum Gasteiger partial charge on any atom is -0.349 e. The van der Waals surface area contributed by atoms with Gasteiger partial charge in [-0.1, -0.05) is 0 Å². The van der Waals surface area contributed by atoms with E-state index >= 15 is 0 Å². The van der Waals surface area contributed by atoms with Gasteiger partial charge in [-0.15, -0.1) is 0 Å². The maximum Gasteiger partial charge on any atom is 0.254 e. The molecule has 1 aliphatic rings. The minimum atomic E-state index is -1.28. The van der Waals surface area contributed by atoms with Gasteiger partial charge in [0.1, 0.15) is 0 Å². The van der Waals surface area contributed by atoms with Gasteiger partial charge in [0.15, 0.2) is 5.82 Å². The summed E-state index contributed by atoms with van der Waals surface area (Å²) >= 11 is 0. The molecule has 0 radical (unpaired) electrons. The van der Waals surface area contributed by atoms with Gasteiger partial charge in [0.2, 0.25) is 5.95 Å². The summed E-state index contributed by atoms with van der Waals surface area (Å²) in [6.45, 7) is 0. The summed E-state index contributed by atoms with van der Waals surface area (Å²) in [5.74, 6) is -2.13. The first-order valence-corrected chi connectivity index (χ1v) is 7.02. The number of halogens is 2. The number of nitrogens with zero attached hydrogens (tertiary/aromatic N) is 1. The molecule has 7 heteroatoms. The van der Waals surface area contributed by atoms with Crippen LogP contribution in [0.5, 0.6) is 0 Å². The molecule has 1 saturated heterocycles. The van der Waals surface area contributed by atoms with Gasteiger partial charge in [-0.25, -0.2) is 9.37 Å². The molecule has 1 aromatic heterocycles. The molecule has 1 N–H and O–H groups in total. The van der Waals surface area contributed by atoms with Crippen LogP contribution in [0.2, 0.25) is 0 Å². The Labute approximate surface area is 105 Å². The summed E-state index contributed by atoms with van der Waals surface area (Å²) in [4.78, 5) is 14.9. The number of aromatic nitrogens is 1. The minimum absolute atomic E-state index is 0.133. The monoisotopic (exact) mass is 274 g/mol. The highest BCUT2D eigenvalue weighted by Gasteiger charge is 2.22. The normalized spacial score (nSPS) is 23.7. The zero-order valence-electron chi connectivity index (χ0n) is 9.49. The van der Waals surface area contributed by atoms with E-state index in [1.807, 2.05) is 0 Å². The highest BCUT2D eigenvalue weighted by atomic mass is 32.2. The van der Waals surface area contributed by atoms with Crippen LogP contribution in [0.3, 0.4) is 0 Å². The van der Waals surface area contributed by atoms with Gasteiger partial charge in [-0.3, -0.25) is 9.00 Å². The van der Waals surface area contributed by atoms with Crippen molar-refractivity contribution in [2.75, 3.05) is 11.5 Å². The third-order valence-corrected chi connectivity index (χ3v) is 4.20. The molecule has 2 heterocycles. The SMILES string of the molecule is O=C(NC1CCS(=O)CC1)c1ccnc(F)c1F. The molecule has 0 aliphatic carbocycles. The van der Waals surface area contributed by atoms with Gasteiger partial charge >= 0.3 is 0 Å². The van der Waals surface area contributed by atoms with Crippen molar-refractivity contribution in [2.45, 2.75) is 18.9 Å². The number of hydrogen-bond acceptors (Lipinski definition) is 3. The number of amides is 1. The second-order valence-electron chi connectivity index (χ2n) is 4.06. The quantitative estimate of drug-likeness (QED) is 0.819. The molecule has 2 rings (SSSR count). The molecule has 18 heavy (non-hydrogen) atoms. The average Bonchev–Trinajstić information content (AvgIpc) is 2.35. The van der Waals surface area contributed by atoms with Crippen molar-refractivity contribution in [1.29, 1.82) is 0 Å². The summed E-state index contributed by atoms with van der Waals surface area (Å²) in [6, 6.07) is 1.00. The Balaban J connectivity index is 2.03. The molecule has 0 bridgehead atoms. The summed E-state index contributed by atoms with van der Waals surface area (Å²) < 4.78 is 37.3. The fourth-order valence-corrected chi connectivity index (χ4v) is 3.09. The van der Waals surface area contributed by atoms with Crippen LogP contribution in [0, 0.1) is 11.8 Å². The molecule has 98 valence electrons. The van der Waals surface area contributed by atoms with Crippen LogP contribution in [-0.4, -0.2) is 32.6 Å². The zero-order valence-corrected chi connectivity index (χ0v) is 10.3. The number of carbonyl (C=O) groups excluding carboxylic acids is 1. The Kier molecular flexibility index (Phi) is 4.00. The topological polar surface area (TPSA) is 59.1 Å². The van der Waals surface area contributed by atoms with E-state index in [-0.39, 0.29) is 11.6 Å². The standard InChI is InChI=1S/C11H12F2N2O2S/c12-9-8(1-4-14-10(9)13)11(16)15-7-2-5-18(17)6-3-7/h1,4,7H,2-3,5-6H2,(H,15,16). The number of pyridine rings is 1. The lowest BCUT2D eigenvalue weighted by Gasteiger charge is -2.22. The van der Waals surface area contributed by atoms with Crippen LogP contribution in [0.1, 0.15) is 23.2 Å².